The van der Waals surface area contributed by atoms with Crippen LogP contribution in [0.1, 0.15) is 28.4 Å². The van der Waals surface area contributed by atoms with Gasteiger partial charge < -0.3 is 9.47 Å². The first-order valence-electron chi connectivity index (χ1n) is 7.35. The molecule has 1 amide bonds. The van der Waals surface area contributed by atoms with Crippen molar-refractivity contribution in [2.75, 3.05) is 11.9 Å². The Kier molecular flexibility index (Phi) is 5.74. The molecule has 0 aromatic heterocycles. The van der Waals surface area contributed by atoms with Crippen LogP contribution in [0.2, 0.25) is 0 Å². The number of aryl methyl sites for hydroxylation is 1. The highest BCUT2D eigenvalue weighted by Gasteiger charge is 2.08. The lowest BCUT2D eigenvalue weighted by Gasteiger charge is -2.07. The van der Waals surface area contributed by atoms with Gasteiger partial charge in [0.25, 0.3) is 0 Å². The average Bonchev–Trinajstić information content (AvgIpc) is 2.55. The Hall–Kier alpha value is -2.82. The van der Waals surface area contributed by atoms with Gasteiger partial charge >= 0.3 is 12.1 Å². The molecular weight excluding hydrogens is 294 g/mol. The Morgan fingerprint density at radius 1 is 0.957 bits per heavy atom. The molecule has 23 heavy (non-hydrogen) atoms. The molecule has 0 fully saturated rings. The number of esters is 1. The number of amides is 1. The molecule has 2 aromatic rings. The molecule has 120 valence electrons. The van der Waals surface area contributed by atoms with Gasteiger partial charge in [0.1, 0.15) is 6.61 Å². The van der Waals surface area contributed by atoms with Gasteiger partial charge in [-0.25, -0.2) is 9.59 Å². The number of nitrogens with one attached hydrogen (secondary N) is 1. The summed E-state index contributed by atoms with van der Waals surface area (Å²) in [4.78, 5) is 23.3. The zero-order valence-corrected chi connectivity index (χ0v) is 13.2. The SMILES string of the molecule is CCOC(=O)Nc1ccc(C(=O)OCc2ccc(C)cc2)cc1. The van der Waals surface area contributed by atoms with E-state index < -0.39 is 12.1 Å². The first-order valence-corrected chi connectivity index (χ1v) is 7.35. The number of ether oxygens (including phenoxy) is 2. The van der Waals surface area contributed by atoms with Crippen LogP contribution in [0, 0.1) is 6.92 Å². The Morgan fingerprint density at radius 3 is 2.22 bits per heavy atom. The molecule has 1 N–H and O–H groups in total. The van der Waals surface area contributed by atoms with E-state index in [9.17, 15) is 9.59 Å². The van der Waals surface area contributed by atoms with Crippen LogP contribution in [0.25, 0.3) is 0 Å². The fourth-order valence-electron chi connectivity index (χ4n) is 1.89. The van der Waals surface area contributed by atoms with Gasteiger partial charge in [-0.2, -0.15) is 0 Å². The predicted molar refractivity (Wildman–Crippen MR) is 87.4 cm³/mol. The average molecular weight is 313 g/mol. The van der Waals surface area contributed by atoms with Crippen molar-refractivity contribution in [2.45, 2.75) is 20.5 Å². The molecule has 0 saturated heterocycles. The van der Waals surface area contributed by atoms with Gasteiger partial charge in [-0.3, -0.25) is 5.32 Å². The summed E-state index contributed by atoms with van der Waals surface area (Å²) in [5.41, 5.74) is 3.07. The van der Waals surface area contributed by atoms with E-state index in [1.807, 2.05) is 31.2 Å². The molecule has 0 saturated carbocycles. The van der Waals surface area contributed by atoms with Gasteiger partial charge in [-0.15, -0.1) is 0 Å². The van der Waals surface area contributed by atoms with E-state index in [4.69, 9.17) is 9.47 Å². The number of carbonyl (C=O) groups is 2. The maximum Gasteiger partial charge on any atom is 0.411 e. The summed E-state index contributed by atoms with van der Waals surface area (Å²) in [5, 5.41) is 2.56. The normalized spacial score (nSPS) is 10.0. The first-order chi connectivity index (χ1) is 11.1. The number of hydrogen-bond donors (Lipinski definition) is 1. The van der Waals surface area contributed by atoms with Crippen molar-refractivity contribution in [3.8, 4) is 0 Å². The smallest absolute Gasteiger partial charge is 0.411 e. The Morgan fingerprint density at radius 2 is 1.61 bits per heavy atom. The molecule has 0 spiro atoms. The van der Waals surface area contributed by atoms with Crippen molar-refractivity contribution in [1.82, 2.24) is 0 Å². The van der Waals surface area contributed by atoms with Crippen LogP contribution in [-0.4, -0.2) is 18.7 Å². The van der Waals surface area contributed by atoms with Gasteiger partial charge in [-0.1, -0.05) is 29.8 Å². The van der Waals surface area contributed by atoms with Crippen molar-refractivity contribution < 1.29 is 19.1 Å². The highest BCUT2D eigenvalue weighted by molar-refractivity contribution is 5.91. The van der Waals surface area contributed by atoms with Gasteiger partial charge in [0, 0.05) is 5.69 Å². The fourth-order valence-corrected chi connectivity index (χ4v) is 1.89. The zero-order valence-electron chi connectivity index (χ0n) is 13.2. The molecule has 5 heteroatoms. The van der Waals surface area contributed by atoms with Gasteiger partial charge in [0.15, 0.2) is 0 Å². The predicted octanol–water partition coefficient (Wildman–Crippen LogP) is 3.92. The summed E-state index contributed by atoms with van der Waals surface area (Å²) in [6.45, 7) is 4.26. The monoisotopic (exact) mass is 313 g/mol. The number of benzene rings is 2. The van der Waals surface area contributed by atoms with Crippen molar-refractivity contribution in [3.05, 3.63) is 65.2 Å². The summed E-state index contributed by atoms with van der Waals surface area (Å²) in [7, 11) is 0. The van der Waals surface area contributed by atoms with Gasteiger partial charge in [0.2, 0.25) is 0 Å². The highest BCUT2D eigenvalue weighted by atomic mass is 16.5. The number of hydrogen-bond acceptors (Lipinski definition) is 4. The third-order valence-corrected chi connectivity index (χ3v) is 3.13. The lowest BCUT2D eigenvalue weighted by atomic mass is 10.1. The molecule has 2 rings (SSSR count). The third kappa shape index (κ3) is 5.14. The summed E-state index contributed by atoms with van der Waals surface area (Å²) < 4.78 is 10.0. The topological polar surface area (TPSA) is 64.6 Å². The van der Waals surface area contributed by atoms with E-state index in [1.54, 1.807) is 31.2 Å². The summed E-state index contributed by atoms with van der Waals surface area (Å²) in [6, 6.07) is 14.2. The van der Waals surface area contributed by atoms with Crippen molar-refractivity contribution in [1.29, 1.82) is 0 Å². The maximum absolute atomic E-state index is 12.0. The third-order valence-electron chi connectivity index (χ3n) is 3.13. The summed E-state index contributed by atoms with van der Waals surface area (Å²) in [6.07, 6.45) is -0.526. The van der Waals surface area contributed by atoms with E-state index in [0.717, 1.165) is 11.1 Å². The second-order valence-corrected chi connectivity index (χ2v) is 4.98. The maximum atomic E-state index is 12.0. The van der Waals surface area contributed by atoms with Crippen molar-refractivity contribution >= 4 is 17.7 Å². The second kappa shape index (κ2) is 7.98. The van der Waals surface area contributed by atoms with E-state index in [2.05, 4.69) is 5.32 Å². The van der Waals surface area contributed by atoms with Crippen LogP contribution in [0.15, 0.2) is 48.5 Å². The molecular formula is C18H19NO4. The highest BCUT2D eigenvalue weighted by Crippen LogP contribution is 2.12. The van der Waals surface area contributed by atoms with Crippen molar-refractivity contribution in [3.63, 3.8) is 0 Å². The minimum Gasteiger partial charge on any atom is -0.457 e. The molecule has 0 aliphatic heterocycles. The van der Waals surface area contributed by atoms with Crippen LogP contribution in [0.3, 0.4) is 0 Å². The summed E-state index contributed by atoms with van der Waals surface area (Å²) >= 11 is 0. The quantitative estimate of drug-likeness (QED) is 0.850. The molecule has 0 heterocycles. The lowest BCUT2D eigenvalue weighted by Crippen LogP contribution is -2.13. The van der Waals surface area contributed by atoms with Crippen LogP contribution < -0.4 is 5.32 Å². The minimum atomic E-state index is -0.526. The summed E-state index contributed by atoms with van der Waals surface area (Å²) in [5.74, 6) is -0.409. The zero-order chi connectivity index (χ0) is 16.7. The van der Waals surface area contributed by atoms with Crippen LogP contribution in [0.4, 0.5) is 10.5 Å². The lowest BCUT2D eigenvalue weighted by molar-refractivity contribution is 0.0472. The standard InChI is InChI=1S/C18H19NO4/c1-3-22-18(21)19-16-10-8-15(9-11-16)17(20)23-12-14-6-4-13(2)5-7-14/h4-11H,3,12H2,1-2H3,(H,19,21). The number of anilines is 1. The molecule has 0 radical (unpaired) electrons. The van der Waals surface area contributed by atoms with E-state index in [-0.39, 0.29) is 6.61 Å². The van der Waals surface area contributed by atoms with E-state index in [1.165, 1.54) is 0 Å². The fraction of sp³-hybridized carbons (Fsp3) is 0.222. The second-order valence-electron chi connectivity index (χ2n) is 4.98. The molecule has 5 nitrogen and oxygen atoms in total. The molecule has 2 aromatic carbocycles. The van der Waals surface area contributed by atoms with Crippen LogP contribution in [-0.2, 0) is 16.1 Å². The molecule has 0 atom stereocenters. The van der Waals surface area contributed by atoms with E-state index >= 15 is 0 Å². The van der Waals surface area contributed by atoms with Crippen LogP contribution in [0.5, 0.6) is 0 Å². The number of carbonyl (C=O) groups excluding carboxylic acids is 2. The number of rotatable bonds is 5. The molecule has 0 aliphatic rings. The Balaban J connectivity index is 1.89. The molecule has 0 bridgehead atoms. The van der Waals surface area contributed by atoms with Gasteiger partial charge in [-0.05, 0) is 43.7 Å². The van der Waals surface area contributed by atoms with Crippen molar-refractivity contribution in [2.24, 2.45) is 0 Å². The first kappa shape index (κ1) is 16.5. The van der Waals surface area contributed by atoms with Crippen LogP contribution >= 0.6 is 0 Å². The molecule has 0 aliphatic carbocycles. The minimum absolute atomic E-state index is 0.224. The largest absolute Gasteiger partial charge is 0.457 e. The Bertz CT molecular complexity index is 662. The Labute approximate surface area is 135 Å². The van der Waals surface area contributed by atoms with E-state index in [0.29, 0.717) is 17.9 Å². The van der Waals surface area contributed by atoms with Gasteiger partial charge in [0.05, 0.1) is 12.2 Å². The molecule has 0 unspecified atom stereocenters.